The average molecular weight is 388 g/mol. The van der Waals surface area contributed by atoms with Gasteiger partial charge in [0.2, 0.25) is 0 Å². The molecule has 8 heteroatoms. The van der Waals surface area contributed by atoms with Crippen LogP contribution in [0.25, 0.3) is 0 Å². The second-order valence-corrected chi connectivity index (χ2v) is 10.3. The Labute approximate surface area is 151 Å². The maximum Gasteiger partial charge on any atom is 0.433 e. The SMILES string of the molecule is O=S1(=O)CC2(CCN([C@H]3CCC[C@H](c4ccc(C(F)(F)F)nc4)C3)C2)C1. The molecule has 1 saturated carbocycles. The van der Waals surface area contributed by atoms with Crippen molar-refractivity contribution in [3.63, 3.8) is 0 Å². The number of hydrogen-bond acceptors (Lipinski definition) is 4. The molecule has 4 nitrogen and oxygen atoms in total. The summed E-state index contributed by atoms with van der Waals surface area (Å²) in [5, 5.41) is 0. The van der Waals surface area contributed by atoms with Crippen LogP contribution < -0.4 is 0 Å². The normalized spacial score (nSPS) is 31.0. The quantitative estimate of drug-likeness (QED) is 0.781. The third-order valence-electron chi connectivity index (χ3n) is 6.23. The maximum absolute atomic E-state index is 12.7. The van der Waals surface area contributed by atoms with E-state index < -0.39 is 21.7 Å². The first-order valence-electron chi connectivity index (χ1n) is 9.14. The number of sulfone groups is 1. The highest BCUT2D eigenvalue weighted by Crippen LogP contribution is 2.44. The molecule has 2 saturated heterocycles. The first-order chi connectivity index (χ1) is 12.2. The van der Waals surface area contributed by atoms with Crippen LogP contribution in [0.4, 0.5) is 13.2 Å². The van der Waals surface area contributed by atoms with Crippen molar-refractivity contribution in [3.05, 3.63) is 29.6 Å². The number of alkyl halides is 3. The Morgan fingerprint density at radius 1 is 1.19 bits per heavy atom. The number of likely N-dealkylation sites (tertiary alicyclic amines) is 1. The Balaban J connectivity index is 1.40. The van der Waals surface area contributed by atoms with Gasteiger partial charge in [-0.3, -0.25) is 9.88 Å². The van der Waals surface area contributed by atoms with Gasteiger partial charge in [-0.25, -0.2) is 8.42 Å². The fraction of sp³-hybridized carbons (Fsp3) is 0.722. The number of rotatable bonds is 2. The van der Waals surface area contributed by atoms with E-state index in [4.69, 9.17) is 0 Å². The van der Waals surface area contributed by atoms with E-state index in [1.54, 1.807) is 6.07 Å². The van der Waals surface area contributed by atoms with Gasteiger partial charge in [0.25, 0.3) is 0 Å². The Bertz CT molecular complexity index is 765. The van der Waals surface area contributed by atoms with Crippen molar-refractivity contribution in [2.24, 2.45) is 5.41 Å². The van der Waals surface area contributed by atoms with E-state index in [0.717, 1.165) is 56.8 Å². The van der Waals surface area contributed by atoms with Gasteiger partial charge in [-0.2, -0.15) is 13.2 Å². The van der Waals surface area contributed by atoms with E-state index in [-0.39, 0.29) is 11.3 Å². The fourth-order valence-corrected chi connectivity index (χ4v) is 7.27. The van der Waals surface area contributed by atoms with Crippen LogP contribution >= 0.6 is 0 Å². The summed E-state index contributed by atoms with van der Waals surface area (Å²) in [7, 11) is -2.82. The van der Waals surface area contributed by atoms with Gasteiger partial charge in [0.05, 0.1) is 11.5 Å². The van der Waals surface area contributed by atoms with Crippen molar-refractivity contribution < 1.29 is 21.6 Å². The van der Waals surface area contributed by atoms with Crippen LogP contribution in [0.5, 0.6) is 0 Å². The number of nitrogens with zero attached hydrogens (tertiary/aromatic N) is 2. The number of hydrogen-bond donors (Lipinski definition) is 0. The molecule has 0 bridgehead atoms. The first-order valence-corrected chi connectivity index (χ1v) is 11.0. The first kappa shape index (κ1) is 18.2. The van der Waals surface area contributed by atoms with Crippen molar-refractivity contribution >= 4 is 9.84 Å². The van der Waals surface area contributed by atoms with Crippen LogP contribution in [0.2, 0.25) is 0 Å². The lowest BCUT2D eigenvalue weighted by Gasteiger charge is -2.40. The van der Waals surface area contributed by atoms with E-state index in [1.807, 2.05) is 0 Å². The highest BCUT2D eigenvalue weighted by Gasteiger charge is 2.53. The summed E-state index contributed by atoms with van der Waals surface area (Å²) in [6, 6.07) is 3.02. The molecule has 2 aliphatic heterocycles. The molecule has 1 aromatic rings. The molecule has 3 heterocycles. The highest BCUT2D eigenvalue weighted by molar-refractivity contribution is 7.92. The molecule has 0 amide bonds. The highest BCUT2D eigenvalue weighted by atomic mass is 32.2. The summed E-state index contributed by atoms with van der Waals surface area (Å²) in [5.41, 5.74) is -0.00840. The van der Waals surface area contributed by atoms with Crippen LogP contribution in [0.15, 0.2) is 18.3 Å². The third-order valence-corrected chi connectivity index (χ3v) is 8.34. The fourth-order valence-electron chi connectivity index (χ4n) is 5.02. The Hall–Kier alpha value is -1.15. The second kappa shape index (κ2) is 6.19. The lowest BCUT2D eigenvalue weighted by atomic mass is 9.81. The molecule has 3 fully saturated rings. The minimum Gasteiger partial charge on any atom is -0.300 e. The standard InChI is InChI=1S/C18H23F3N2O2S/c19-18(20,21)16-5-4-14(9-22-16)13-2-1-3-15(8-13)23-7-6-17(10-23)11-26(24,25)12-17/h4-5,9,13,15H,1-3,6-8,10-12H2/t13-,15-/m0/s1. The smallest absolute Gasteiger partial charge is 0.300 e. The summed E-state index contributed by atoms with van der Waals surface area (Å²) in [6.45, 7) is 1.77. The molecule has 1 spiro atoms. The molecule has 0 radical (unpaired) electrons. The van der Waals surface area contributed by atoms with Gasteiger partial charge >= 0.3 is 6.18 Å². The van der Waals surface area contributed by atoms with Gasteiger partial charge in [-0.1, -0.05) is 12.5 Å². The Morgan fingerprint density at radius 2 is 1.96 bits per heavy atom. The predicted octanol–water partition coefficient (Wildman–Crippen LogP) is 3.25. The maximum atomic E-state index is 12.7. The molecule has 0 N–H and O–H groups in total. The average Bonchev–Trinajstić information content (AvgIpc) is 2.98. The van der Waals surface area contributed by atoms with Gasteiger partial charge in [0.1, 0.15) is 5.69 Å². The topological polar surface area (TPSA) is 50.3 Å². The van der Waals surface area contributed by atoms with E-state index >= 15 is 0 Å². The molecule has 1 aromatic heterocycles. The summed E-state index contributed by atoms with van der Waals surface area (Å²) < 4.78 is 61.2. The van der Waals surface area contributed by atoms with E-state index in [2.05, 4.69) is 9.88 Å². The number of pyridine rings is 1. The van der Waals surface area contributed by atoms with E-state index in [0.29, 0.717) is 17.5 Å². The largest absolute Gasteiger partial charge is 0.433 e. The summed E-state index contributed by atoms with van der Waals surface area (Å²) in [6.07, 6.45) is 1.91. The van der Waals surface area contributed by atoms with E-state index in [1.165, 1.54) is 6.20 Å². The van der Waals surface area contributed by atoms with Gasteiger partial charge in [-0.15, -0.1) is 0 Å². The van der Waals surface area contributed by atoms with Crippen molar-refractivity contribution in [2.45, 2.75) is 50.2 Å². The van der Waals surface area contributed by atoms with Crippen molar-refractivity contribution in [1.29, 1.82) is 0 Å². The lowest BCUT2D eigenvalue weighted by molar-refractivity contribution is -0.141. The zero-order valence-electron chi connectivity index (χ0n) is 14.5. The Morgan fingerprint density at radius 3 is 2.58 bits per heavy atom. The molecule has 0 unspecified atom stereocenters. The van der Waals surface area contributed by atoms with Gasteiger partial charge in [0, 0.05) is 24.2 Å². The van der Waals surface area contributed by atoms with Crippen LogP contribution in [-0.2, 0) is 16.0 Å². The summed E-state index contributed by atoms with van der Waals surface area (Å²) in [5.74, 6) is 0.857. The Kier molecular flexibility index (Phi) is 4.34. The molecule has 1 aliphatic carbocycles. The van der Waals surface area contributed by atoms with Gasteiger partial charge in [0.15, 0.2) is 9.84 Å². The summed E-state index contributed by atoms with van der Waals surface area (Å²) in [4.78, 5) is 6.02. The zero-order chi connectivity index (χ0) is 18.6. The van der Waals surface area contributed by atoms with Gasteiger partial charge < -0.3 is 0 Å². The predicted molar refractivity (Wildman–Crippen MR) is 91.5 cm³/mol. The molecular weight excluding hydrogens is 365 g/mol. The number of aromatic nitrogens is 1. The minimum atomic E-state index is -4.40. The monoisotopic (exact) mass is 388 g/mol. The van der Waals surface area contributed by atoms with Crippen LogP contribution in [0.3, 0.4) is 0 Å². The van der Waals surface area contributed by atoms with Crippen molar-refractivity contribution in [1.82, 2.24) is 9.88 Å². The minimum absolute atomic E-state index is 0.0400. The zero-order valence-corrected chi connectivity index (χ0v) is 15.3. The third kappa shape index (κ3) is 3.50. The number of halogens is 3. The molecule has 144 valence electrons. The second-order valence-electron chi connectivity index (χ2n) is 8.24. The van der Waals surface area contributed by atoms with Crippen LogP contribution in [-0.4, -0.2) is 48.9 Å². The molecule has 2 atom stereocenters. The molecule has 3 aliphatic rings. The van der Waals surface area contributed by atoms with Crippen LogP contribution in [0.1, 0.15) is 49.3 Å². The van der Waals surface area contributed by atoms with E-state index in [9.17, 15) is 21.6 Å². The molecule has 26 heavy (non-hydrogen) atoms. The molecule has 4 rings (SSSR count). The van der Waals surface area contributed by atoms with Gasteiger partial charge in [-0.05, 0) is 49.8 Å². The molecular formula is C18H23F3N2O2S. The molecule has 0 aromatic carbocycles. The lowest BCUT2D eigenvalue weighted by Crippen LogP contribution is -2.51. The van der Waals surface area contributed by atoms with Crippen molar-refractivity contribution in [3.8, 4) is 0 Å². The van der Waals surface area contributed by atoms with Crippen molar-refractivity contribution in [2.75, 3.05) is 24.6 Å². The van der Waals surface area contributed by atoms with Crippen LogP contribution in [0, 0.1) is 5.41 Å². The summed E-state index contributed by atoms with van der Waals surface area (Å²) >= 11 is 0.